The van der Waals surface area contributed by atoms with Gasteiger partial charge in [0.1, 0.15) is 5.75 Å². The van der Waals surface area contributed by atoms with Crippen LogP contribution in [-0.2, 0) is 9.59 Å². The highest BCUT2D eigenvalue weighted by Crippen LogP contribution is 2.31. The van der Waals surface area contributed by atoms with Crippen LogP contribution >= 0.6 is 0 Å². The molecule has 0 aromatic heterocycles. The Hall–Kier alpha value is -2.30. The summed E-state index contributed by atoms with van der Waals surface area (Å²) >= 11 is 0. The second kappa shape index (κ2) is 5.77. The van der Waals surface area contributed by atoms with Crippen LogP contribution in [0.3, 0.4) is 0 Å². The van der Waals surface area contributed by atoms with Crippen molar-refractivity contribution in [3.8, 4) is 17.2 Å². The van der Waals surface area contributed by atoms with Gasteiger partial charge in [0, 0.05) is 11.6 Å². The number of carbonyl (C=O) groups excluding carboxylic acids is 2. The van der Waals surface area contributed by atoms with Crippen LogP contribution in [0.5, 0.6) is 17.2 Å². The predicted molar refractivity (Wildman–Crippen MR) is 73.6 cm³/mol. The van der Waals surface area contributed by atoms with E-state index in [0.717, 1.165) is 0 Å². The first-order valence-corrected chi connectivity index (χ1v) is 6.04. The highest BCUT2D eigenvalue weighted by Gasteiger charge is 2.24. The van der Waals surface area contributed by atoms with Crippen LogP contribution in [0.1, 0.15) is 27.7 Å². The lowest BCUT2D eigenvalue weighted by Gasteiger charge is -2.16. The Kier molecular flexibility index (Phi) is 4.55. The molecule has 1 aromatic rings. The van der Waals surface area contributed by atoms with Crippen molar-refractivity contribution in [2.75, 3.05) is 0 Å². The number of phenolic OH excluding ortho intramolecular Hbond substituents is 1. The molecule has 0 amide bonds. The van der Waals surface area contributed by atoms with E-state index in [1.54, 1.807) is 20.8 Å². The molecule has 0 saturated carbocycles. The number of hydrogen-bond acceptors (Lipinski definition) is 5. The third-order valence-corrected chi connectivity index (χ3v) is 2.31. The average molecular weight is 278 g/mol. The van der Waals surface area contributed by atoms with Crippen molar-refractivity contribution in [1.29, 1.82) is 0 Å². The lowest BCUT2D eigenvalue weighted by molar-refractivity contribution is -0.143. The van der Waals surface area contributed by atoms with Crippen LogP contribution in [-0.4, -0.2) is 17.0 Å². The lowest BCUT2D eigenvalue weighted by Crippen LogP contribution is -2.25. The Morgan fingerprint density at radius 2 is 1.80 bits per heavy atom. The molecule has 0 radical (unpaired) electrons. The van der Waals surface area contributed by atoms with E-state index in [-0.39, 0.29) is 22.8 Å². The van der Waals surface area contributed by atoms with Gasteiger partial charge in [-0.05, 0) is 39.8 Å². The Bertz CT molecular complexity index is 552. The quantitative estimate of drug-likeness (QED) is 0.523. The van der Waals surface area contributed by atoms with Crippen LogP contribution < -0.4 is 9.47 Å². The Morgan fingerprint density at radius 3 is 2.30 bits per heavy atom. The molecule has 5 nitrogen and oxygen atoms in total. The van der Waals surface area contributed by atoms with E-state index >= 15 is 0 Å². The number of benzene rings is 1. The zero-order valence-corrected chi connectivity index (χ0v) is 12.0. The normalized spacial score (nSPS) is 10.8. The van der Waals surface area contributed by atoms with Crippen LogP contribution in [0, 0.1) is 5.41 Å². The van der Waals surface area contributed by atoms with Crippen molar-refractivity contribution < 1.29 is 24.2 Å². The first kappa shape index (κ1) is 15.8. The molecular weight excluding hydrogens is 260 g/mol. The summed E-state index contributed by atoms with van der Waals surface area (Å²) in [7, 11) is 0. The van der Waals surface area contributed by atoms with Gasteiger partial charge in [0.25, 0.3) is 0 Å². The summed E-state index contributed by atoms with van der Waals surface area (Å²) < 4.78 is 10.1. The van der Waals surface area contributed by atoms with E-state index in [1.807, 2.05) is 0 Å². The molecule has 1 N–H and O–H groups in total. The molecule has 0 atom stereocenters. The fraction of sp³-hybridized carbons (Fsp3) is 0.333. The maximum absolute atomic E-state index is 11.8. The van der Waals surface area contributed by atoms with Crippen molar-refractivity contribution >= 4 is 11.9 Å². The predicted octanol–water partition coefficient (Wildman–Crippen LogP) is 2.83. The number of ether oxygens (including phenoxy) is 2. The number of aromatic hydroxyl groups is 1. The number of carbonyl (C=O) groups is 2. The molecule has 0 spiro atoms. The lowest BCUT2D eigenvalue weighted by atomic mass is 9.97. The van der Waals surface area contributed by atoms with Gasteiger partial charge in [-0.2, -0.15) is 0 Å². The largest absolute Gasteiger partial charge is 0.504 e. The first-order chi connectivity index (χ1) is 9.11. The van der Waals surface area contributed by atoms with Crippen LogP contribution in [0.15, 0.2) is 30.4 Å². The average Bonchev–Trinajstić information content (AvgIpc) is 2.31. The molecule has 0 bridgehead atoms. The third-order valence-electron chi connectivity index (χ3n) is 2.31. The molecule has 0 aliphatic heterocycles. The number of rotatable bonds is 3. The van der Waals surface area contributed by atoms with Crippen molar-refractivity contribution in [2.45, 2.75) is 27.7 Å². The zero-order chi connectivity index (χ0) is 15.5. The van der Waals surface area contributed by atoms with E-state index in [1.165, 1.54) is 25.1 Å². The molecule has 0 heterocycles. The fourth-order valence-corrected chi connectivity index (χ4v) is 1.09. The molecule has 108 valence electrons. The Morgan fingerprint density at radius 1 is 1.20 bits per heavy atom. The standard InChI is InChI=1S/C15H18O5/c1-9(2)13(17)20-12-8-10(6-7-11(12)16)19-14(18)15(3,4)5/h6-8,16H,1H2,2-5H3. The van der Waals surface area contributed by atoms with E-state index in [0.29, 0.717) is 0 Å². The van der Waals surface area contributed by atoms with Gasteiger partial charge in [-0.25, -0.2) is 4.79 Å². The topological polar surface area (TPSA) is 72.8 Å². The first-order valence-electron chi connectivity index (χ1n) is 6.04. The van der Waals surface area contributed by atoms with Crippen molar-refractivity contribution in [3.05, 3.63) is 30.4 Å². The SMILES string of the molecule is C=C(C)C(=O)Oc1cc(OC(=O)C(C)(C)C)ccc1O. The van der Waals surface area contributed by atoms with Crippen LogP contribution in [0.2, 0.25) is 0 Å². The number of esters is 2. The minimum atomic E-state index is -0.667. The van der Waals surface area contributed by atoms with Crippen molar-refractivity contribution in [3.63, 3.8) is 0 Å². The monoisotopic (exact) mass is 278 g/mol. The highest BCUT2D eigenvalue weighted by atomic mass is 16.6. The van der Waals surface area contributed by atoms with Crippen LogP contribution in [0.25, 0.3) is 0 Å². The zero-order valence-electron chi connectivity index (χ0n) is 12.0. The molecule has 0 saturated heterocycles. The van der Waals surface area contributed by atoms with Gasteiger partial charge in [0.05, 0.1) is 5.41 Å². The van der Waals surface area contributed by atoms with E-state index in [9.17, 15) is 14.7 Å². The van der Waals surface area contributed by atoms with E-state index < -0.39 is 17.4 Å². The summed E-state index contributed by atoms with van der Waals surface area (Å²) in [4.78, 5) is 23.2. The van der Waals surface area contributed by atoms with Crippen molar-refractivity contribution in [1.82, 2.24) is 0 Å². The summed E-state index contributed by atoms with van der Waals surface area (Å²) in [6.45, 7) is 10.1. The molecule has 20 heavy (non-hydrogen) atoms. The molecule has 0 unspecified atom stereocenters. The molecule has 1 aromatic carbocycles. The number of hydrogen-bond donors (Lipinski definition) is 1. The molecule has 1 rings (SSSR count). The van der Waals surface area contributed by atoms with Crippen molar-refractivity contribution in [2.24, 2.45) is 5.41 Å². The van der Waals surface area contributed by atoms with E-state index in [4.69, 9.17) is 9.47 Å². The second-order valence-electron chi connectivity index (χ2n) is 5.44. The van der Waals surface area contributed by atoms with Gasteiger partial charge >= 0.3 is 11.9 Å². The van der Waals surface area contributed by atoms with Gasteiger partial charge in [-0.3, -0.25) is 4.79 Å². The highest BCUT2D eigenvalue weighted by molar-refractivity contribution is 5.89. The smallest absolute Gasteiger partial charge is 0.338 e. The minimum Gasteiger partial charge on any atom is -0.504 e. The Labute approximate surface area is 117 Å². The molecule has 0 aliphatic rings. The van der Waals surface area contributed by atoms with Gasteiger partial charge < -0.3 is 14.6 Å². The molecular formula is C15H18O5. The summed E-state index contributed by atoms with van der Waals surface area (Å²) in [6, 6.07) is 3.98. The van der Waals surface area contributed by atoms with Gasteiger partial charge in [0.2, 0.25) is 0 Å². The van der Waals surface area contributed by atoms with E-state index in [2.05, 4.69) is 6.58 Å². The summed E-state index contributed by atoms with van der Waals surface area (Å²) in [5.41, 5.74) is -0.464. The van der Waals surface area contributed by atoms with Gasteiger partial charge in [-0.1, -0.05) is 6.58 Å². The maximum atomic E-state index is 11.8. The Balaban J connectivity index is 2.94. The van der Waals surface area contributed by atoms with Crippen LogP contribution in [0.4, 0.5) is 0 Å². The number of phenols is 1. The minimum absolute atomic E-state index is 0.0859. The summed E-state index contributed by atoms with van der Waals surface area (Å²) in [5, 5.41) is 9.61. The van der Waals surface area contributed by atoms with Gasteiger partial charge in [-0.15, -0.1) is 0 Å². The fourth-order valence-electron chi connectivity index (χ4n) is 1.09. The molecule has 0 fully saturated rings. The summed E-state index contributed by atoms with van der Waals surface area (Å²) in [6.07, 6.45) is 0. The molecule has 0 aliphatic carbocycles. The third kappa shape index (κ3) is 4.12. The maximum Gasteiger partial charge on any atom is 0.338 e. The summed E-state index contributed by atoms with van der Waals surface area (Å²) in [5.74, 6) is -1.22. The second-order valence-corrected chi connectivity index (χ2v) is 5.44. The molecule has 5 heteroatoms. The van der Waals surface area contributed by atoms with Gasteiger partial charge in [0.15, 0.2) is 11.5 Å².